The van der Waals surface area contributed by atoms with E-state index in [0.29, 0.717) is 30.7 Å². The number of benzene rings is 2. The number of carbonyl (C=O) groups excluding carboxylic acids is 2. The van der Waals surface area contributed by atoms with Crippen molar-refractivity contribution in [2.75, 3.05) is 19.5 Å². The van der Waals surface area contributed by atoms with Crippen molar-refractivity contribution in [1.82, 2.24) is 9.97 Å². The number of carbonyl (C=O) groups is 2. The fourth-order valence-corrected chi connectivity index (χ4v) is 5.31. The summed E-state index contributed by atoms with van der Waals surface area (Å²) in [5, 5.41) is 3.02. The zero-order valence-electron chi connectivity index (χ0n) is 22.0. The standard InChI is InChI=1S/C28H21Br2N3O8S/c1-37-16-5-3-14(4-6-16)11-40-22-13-39-17(9-20(22)34)12-41-21-7-15(27(36)38-2)8-23-24(21)32-28(42-23)33-26(35)19-10-18(29)25(30)31-19/h3-10,13,31H,11-12H2,1-2H3,(H,32,33,35). The van der Waals surface area contributed by atoms with E-state index in [1.807, 2.05) is 12.1 Å². The topological polar surface area (TPSA) is 142 Å². The average molecular weight is 719 g/mol. The van der Waals surface area contributed by atoms with Gasteiger partial charge in [0.2, 0.25) is 11.2 Å². The summed E-state index contributed by atoms with van der Waals surface area (Å²) < 4.78 is 29.0. The number of H-pyrrole nitrogens is 1. The molecule has 11 nitrogen and oxygen atoms in total. The summed E-state index contributed by atoms with van der Waals surface area (Å²) in [6, 6.07) is 13.2. The first kappa shape index (κ1) is 29.4. The molecule has 3 heterocycles. The number of methoxy groups -OCH3 is 2. The minimum atomic E-state index is -0.577. The van der Waals surface area contributed by atoms with Crippen molar-refractivity contribution in [3.05, 3.63) is 96.7 Å². The molecule has 0 bridgehead atoms. The summed E-state index contributed by atoms with van der Waals surface area (Å²) in [5.41, 5.74) is 1.40. The Kier molecular flexibility index (Phi) is 8.94. The van der Waals surface area contributed by atoms with Crippen LogP contribution >= 0.6 is 43.2 Å². The lowest BCUT2D eigenvalue weighted by atomic mass is 10.2. The van der Waals surface area contributed by atoms with E-state index in [1.165, 1.54) is 25.5 Å². The highest BCUT2D eigenvalue weighted by Gasteiger charge is 2.19. The van der Waals surface area contributed by atoms with Gasteiger partial charge in [0.25, 0.3) is 5.91 Å². The fraction of sp³-hybridized carbons (Fsp3) is 0.143. The number of thiazole rings is 1. The number of hydrogen-bond donors (Lipinski definition) is 2. The van der Waals surface area contributed by atoms with Crippen LogP contribution in [0.15, 0.2) is 73.1 Å². The third-order valence-electron chi connectivity index (χ3n) is 5.85. The fourth-order valence-electron chi connectivity index (χ4n) is 3.74. The average Bonchev–Trinajstić information content (AvgIpc) is 3.56. The molecule has 0 fully saturated rings. The molecule has 0 aliphatic rings. The number of hydrogen-bond acceptors (Lipinski definition) is 10. The van der Waals surface area contributed by atoms with Gasteiger partial charge in [-0.25, -0.2) is 9.78 Å². The Morgan fingerprint density at radius 1 is 1.02 bits per heavy atom. The number of ether oxygens (including phenoxy) is 4. The van der Waals surface area contributed by atoms with E-state index in [4.69, 9.17) is 23.4 Å². The summed E-state index contributed by atoms with van der Waals surface area (Å²) in [4.78, 5) is 45.0. The molecule has 2 N–H and O–H groups in total. The minimum absolute atomic E-state index is 0.0469. The van der Waals surface area contributed by atoms with Crippen LogP contribution < -0.4 is 25.0 Å². The zero-order valence-corrected chi connectivity index (χ0v) is 26.0. The van der Waals surface area contributed by atoms with Gasteiger partial charge < -0.3 is 28.3 Å². The molecule has 0 radical (unpaired) electrons. The number of rotatable bonds is 10. The third kappa shape index (κ3) is 6.66. The van der Waals surface area contributed by atoms with E-state index >= 15 is 0 Å². The Morgan fingerprint density at radius 3 is 2.45 bits per heavy atom. The molecule has 14 heteroatoms. The van der Waals surface area contributed by atoms with Gasteiger partial charge in [-0.2, -0.15) is 0 Å². The van der Waals surface area contributed by atoms with Gasteiger partial charge in [0.15, 0.2) is 5.13 Å². The second-order valence-electron chi connectivity index (χ2n) is 8.63. The van der Waals surface area contributed by atoms with Gasteiger partial charge in [0.1, 0.15) is 47.9 Å². The molecule has 5 rings (SSSR count). The highest BCUT2D eigenvalue weighted by atomic mass is 79.9. The molecule has 0 saturated heterocycles. The highest BCUT2D eigenvalue weighted by molar-refractivity contribution is 9.13. The third-order valence-corrected chi connectivity index (χ3v) is 8.55. The Labute approximate surface area is 259 Å². The van der Waals surface area contributed by atoms with E-state index in [2.05, 4.69) is 47.1 Å². The number of anilines is 1. The summed E-state index contributed by atoms with van der Waals surface area (Å²) >= 11 is 7.80. The number of amides is 1. The second kappa shape index (κ2) is 12.8. The predicted molar refractivity (Wildman–Crippen MR) is 162 cm³/mol. The molecule has 2 aromatic carbocycles. The van der Waals surface area contributed by atoms with Gasteiger partial charge >= 0.3 is 5.97 Å². The van der Waals surface area contributed by atoms with Crippen LogP contribution in [0, 0.1) is 0 Å². The first-order valence-electron chi connectivity index (χ1n) is 12.1. The number of aromatic amines is 1. The predicted octanol–water partition coefficient (Wildman–Crippen LogP) is 6.31. The molecule has 0 aliphatic heterocycles. The molecule has 0 spiro atoms. The van der Waals surface area contributed by atoms with Gasteiger partial charge in [0, 0.05) is 6.07 Å². The van der Waals surface area contributed by atoms with Gasteiger partial charge in [-0.3, -0.25) is 14.9 Å². The number of esters is 1. The first-order valence-corrected chi connectivity index (χ1v) is 14.5. The summed E-state index contributed by atoms with van der Waals surface area (Å²) in [7, 11) is 2.85. The second-order valence-corrected chi connectivity index (χ2v) is 11.3. The number of halogens is 2. The number of aromatic nitrogens is 2. The van der Waals surface area contributed by atoms with Crippen molar-refractivity contribution in [2.45, 2.75) is 13.2 Å². The van der Waals surface area contributed by atoms with Crippen LogP contribution in [-0.4, -0.2) is 36.1 Å². The Balaban J connectivity index is 1.32. The van der Waals surface area contributed by atoms with Crippen molar-refractivity contribution in [3.8, 4) is 17.2 Å². The maximum absolute atomic E-state index is 12.7. The van der Waals surface area contributed by atoms with Crippen LogP contribution in [0.1, 0.15) is 32.2 Å². The Bertz CT molecular complexity index is 1810. The molecule has 0 saturated carbocycles. The lowest BCUT2D eigenvalue weighted by molar-refractivity contribution is 0.0600. The number of nitrogens with one attached hydrogen (secondary N) is 2. The quantitative estimate of drug-likeness (QED) is 0.159. The van der Waals surface area contributed by atoms with Crippen LogP contribution in [0.4, 0.5) is 5.13 Å². The summed E-state index contributed by atoms with van der Waals surface area (Å²) in [6.45, 7) is 0.0292. The van der Waals surface area contributed by atoms with Crippen molar-refractivity contribution < 1.29 is 33.0 Å². The van der Waals surface area contributed by atoms with Crippen LogP contribution in [0.3, 0.4) is 0 Å². The zero-order chi connectivity index (χ0) is 29.8. The van der Waals surface area contributed by atoms with E-state index in [-0.39, 0.29) is 46.6 Å². The Hall–Kier alpha value is -4.14. The van der Waals surface area contributed by atoms with Gasteiger partial charge in [0.05, 0.1) is 33.6 Å². The SMILES string of the molecule is COC(=O)c1cc(OCc2cc(=O)c(OCc3ccc(OC)cc3)co2)c2nc(NC(=O)c3cc(Br)c(Br)[nH]3)sc2c1. The molecule has 0 atom stereocenters. The molecule has 3 aromatic heterocycles. The van der Waals surface area contributed by atoms with Crippen LogP contribution in [0.25, 0.3) is 10.2 Å². The van der Waals surface area contributed by atoms with Crippen molar-refractivity contribution >= 4 is 70.4 Å². The maximum Gasteiger partial charge on any atom is 0.338 e. The van der Waals surface area contributed by atoms with Crippen molar-refractivity contribution in [2.24, 2.45) is 0 Å². The summed E-state index contributed by atoms with van der Waals surface area (Å²) in [6.07, 6.45) is 1.22. The number of fused-ring (bicyclic) bond motifs is 1. The lowest BCUT2D eigenvalue weighted by Crippen LogP contribution is -2.11. The minimum Gasteiger partial charge on any atom is -0.497 e. The van der Waals surface area contributed by atoms with Crippen LogP contribution in [-0.2, 0) is 18.0 Å². The van der Waals surface area contributed by atoms with E-state index in [1.54, 1.807) is 31.4 Å². The largest absolute Gasteiger partial charge is 0.497 e. The molecule has 216 valence electrons. The molecule has 42 heavy (non-hydrogen) atoms. The Morgan fingerprint density at radius 2 is 1.79 bits per heavy atom. The van der Waals surface area contributed by atoms with Crippen LogP contribution in [0.2, 0.25) is 0 Å². The molecule has 5 aromatic rings. The lowest BCUT2D eigenvalue weighted by Gasteiger charge is -2.09. The molecule has 0 aliphatic carbocycles. The maximum atomic E-state index is 12.7. The number of nitrogens with zero attached hydrogens (tertiary/aromatic N) is 1. The molecule has 0 unspecified atom stereocenters. The molecule has 1 amide bonds. The van der Waals surface area contributed by atoms with Crippen LogP contribution in [0.5, 0.6) is 17.2 Å². The van der Waals surface area contributed by atoms with Crippen molar-refractivity contribution in [1.29, 1.82) is 0 Å². The summed E-state index contributed by atoms with van der Waals surface area (Å²) in [5.74, 6) is 0.233. The molecular weight excluding hydrogens is 698 g/mol. The first-order chi connectivity index (χ1) is 20.2. The van der Waals surface area contributed by atoms with E-state index in [0.717, 1.165) is 16.9 Å². The monoisotopic (exact) mass is 717 g/mol. The smallest absolute Gasteiger partial charge is 0.338 e. The van der Waals surface area contributed by atoms with Crippen molar-refractivity contribution in [3.63, 3.8) is 0 Å². The highest BCUT2D eigenvalue weighted by Crippen LogP contribution is 2.35. The van der Waals surface area contributed by atoms with Gasteiger partial charge in [-0.15, -0.1) is 0 Å². The van der Waals surface area contributed by atoms with E-state index in [9.17, 15) is 14.4 Å². The van der Waals surface area contributed by atoms with Gasteiger partial charge in [-0.05, 0) is 67.8 Å². The van der Waals surface area contributed by atoms with Gasteiger partial charge in [-0.1, -0.05) is 23.5 Å². The molecular formula is C28H21Br2N3O8S. The normalized spacial score (nSPS) is 10.9. The van der Waals surface area contributed by atoms with E-state index < -0.39 is 11.9 Å².